The minimum Gasteiger partial charge on any atom is -0.310 e. The number of benzene rings is 2. The van der Waals surface area contributed by atoms with Gasteiger partial charge in [-0.05, 0) is 73.2 Å². The Morgan fingerprint density at radius 1 is 1.00 bits per heavy atom. The summed E-state index contributed by atoms with van der Waals surface area (Å²) < 4.78 is 15.5. The highest BCUT2D eigenvalue weighted by Gasteiger charge is 2.16. The topological polar surface area (TPSA) is 4.93 Å². The van der Waals surface area contributed by atoms with Crippen molar-refractivity contribution in [3.8, 4) is 0 Å². The van der Waals surface area contributed by atoms with E-state index in [2.05, 4.69) is 47.6 Å². The summed E-state index contributed by atoms with van der Waals surface area (Å²) in [7, 11) is 0. The van der Waals surface area contributed by atoms with E-state index in [1.54, 1.807) is 12.1 Å². The molecule has 2 aromatic carbocycles. The highest BCUT2D eigenvalue weighted by atomic mass is 19.1. The van der Waals surface area contributed by atoms with Crippen LogP contribution in [-0.2, 0) is 0 Å². The second kappa shape index (κ2) is 6.12. The molecule has 0 radical (unpaired) electrons. The Morgan fingerprint density at radius 3 is 2.54 bits per heavy atom. The molecule has 4 rings (SSSR count). The van der Waals surface area contributed by atoms with E-state index in [9.17, 15) is 4.39 Å². The van der Waals surface area contributed by atoms with Gasteiger partial charge in [0.25, 0.3) is 0 Å². The molecule has 0 atom stereocenters. The summed E-state index contributed by atoms with van der Waals surface area (Å²) in [5.74, 6) is -0.223. The van der Waals surface area contributed by atoms with Crippen molar-refractivity contribution in [3.63, 3.8) is 0 Å². The maximum absolute atomic E-state index is 13.3. The summed E-state index contributed by atoms with van der Waals surface area (Å²) in [5.41, 5.74) is 5.58. The highest BCUT2D eigenvalue weighted by molar-refractivity contribution is 5.91. The van der Waals surface area contributed by atoms with Crippen LogP contribution in [0, 0.1) is 5.82 Å². The molecule has 0 N–H and O–H groups in total. The third-order valence-electron chi connectivity index (χ3n) is 4.78. The zero-order chi connectivity index (χ0) is 16.5. The lowest BCUT2D eigenvalue weighted by Crippen LogP contribution is -2.04. The van der Waals surface area contributed by atoms with Crippen LogP contribution in [0.2, 0.25) is 0 Å². The maximum Gasteiger partial charge on any atom is 0.123 e. The summed E-state index contributed by atoms with van der Waals surface area (Å²) in [6, 6.07) is 17.2. The van der Waals surface area contributed by atoms with Crippen molar-refractivity contribution in [1.82, 2.24) is 4.57 Å². The number of fused-ring (bicyclic) bond motifs is 1. The second-order valence-electron chi connectivity index (χ2n) is 6.35. The average Bonchev–Trinajstić information content (AvgIpc) is 3.02. The standard InChI is InChI=1S/C22H20FN/c1-16(17-11-13-20(23)14-12-17)24-21-10-6-5-9-19(21)15-22(24)18-7-3-2-4-8-18/h5-7,9-15H,1-4,8H2. The first-order chi connectivity index (χ1) is 11.7. The minimum atomic E-state index is -0.223. The smallest absolute Gasteiger partial charge is 0.123 e. The monoisotopic (exact) mass is 317 g/mol. The van der Waals surface area contributed by atoms with Crippen LogP contribution in [0.3, 0.4) is 0 Å². The van der Waals surface area contributed by atoms with Gasteiger partial charge in [-0.2, -0.15) is 0 Å². The van der Waals surface area contributed by atoms with Crippen LogP contribution >= 0.6 is 0 Å². The van der Waals surface area contributed by atoms with Gasteiger partial charge >= 0.3 is 0 Å². The molecule has 0 spiro atoms. The van der Waals surface area contributed by atoms with E-state index < -0.39 is 0 Å². The molecule has 1 aliphatic rings. The Hall–Kier alpha value is -2.61. The molecule has 0 saturated carbocycles. The van der Waals surface area contributed by atoms with E-state index in [4.69, 9.17) is 0 Å². The van der Waals surface area contributed by atoms with Crippen molar-refractivity contribution < 1.29 is 4.39 Å². The minimum absolute atomic E-state index is 0.223. The van der Waals surface area contributed by atoms with E-state index in [0.29, 0.717) is 0 Å². The van der Waals surface area contributed by atoms with E-state index in [-0.39, 0.29) is 5.82 Å². The zero-order valence-corrected chi connectivity index (χ0v) is 13.6. The molecule has 120 valence electrons. The summed E-state index contributed by atoms with van der Waals surface area (Å²) in [4.78, 5) is 0. The molecule has 2 heteroatoms. The number of para-hydroxylation sites is 1. The van der Waals surface area contributed by atoms with Crippen LogP contribution in [-0.4, -0.2) is 4.57 Å². The van der Waals surface area contributed by atoms with Crippen molar-refractivity contribution >= 4 is 22.2 Å². The van der Waals surface area contributed by atoms with Gasteiger partial charge in [0.1, 0.15) is 5.82 Å². The quantitative estimate of drug-likeness (QED) is 0.537. The Balaban J connectivity index is 1.90. The van der Waals surface area contributed by atoms with Gasteiger partial charge in [0.15, 0.2) is 0 Å². The fourth-order valence-electron chi connectivity index (χ4n) is 3.52. The number of nitrogens with zero attached hydrogens (tertiary/aromatic N) is 1. The predicted molar refractivity (Wildman–Crippen MR) is 99.2 cm³/mol. The average molecular weight is 317 g/mol. The Morgan fingerprint density at radius 2 is 1.79 bits per heavy atom. The lowest BCUT2D eigenvalue weighted by molar-refractivity contribution is 0.627. The van der Waals surface area contributed by atoms with Gasteiger partial charge in [-0.1, -0.05) is 30.9 Å². The summed E-state index contributed by atoms with van der Waals surface area (Å²) in [6.07, 6.45) is 7.10. The molecule has 0 bridgehead atoms. The highest BCUT2D eigenvalue weighted by Crippen LogP contribution is 2.34. The molecule has 0 fully saturated rings. The van der Waals surface area contributed by atoms with E-state index in [1.807, 2.05) is 0 Å². The number of hydrogen-bond acceptors (Lipinski definition) is 0. The zero-order valence-electron chi connectivity index (χ0n) is 13.6. The van der Waals surface area contributed by atoms with Crippen LogP contribution in [0.15, 0.2) is 67.3 Å². The molecule has 0 unspecified atom stereocenters. The van der Waals surface area contributed by atoms with Crippen LogP contribution in [0.1, 0.15) is 36.9 Å². The van der Waals surface area contributed by atoms with E-state index in [1.165, 1.54) is 41.6 Å². The molecule has 1 aromatic heterocycles. The largest absolute Gasteiger partial charge is 0.310 e. The third-order valence-corrected chi connectivity index (χ3v) is 4.78. The lowest BCUT2D eigenvalue weighted by atomic mass is 9.97. The summed E-state index contributed by atoms with van der Waals surface area (Å²) >= 11 is 0. The van der Waals surface area contributed by atoms with E-state index in [0.717, 1.165) is 29.6 Å². The third kappa shape index (κ3) is 2.58. The van der Waals surface area contributed by atoms with Gasteiger partial charge in [0.05, 0.1) is 5.52 Å². The van der Waals surface area contributed by atoms with Crippen molar-refractivity contribution in [3.05, 3.63) is 84.3 Å². The fraction of sp³-hybridized carbons (Fsp3) is 0.182. The number of rotatable bonds is 3. The van der Waals surface area contributed by atoms with Gasteiger partial charge in [-0.15, -0.1) is 0 Å². The van der Waals surface area contributed by atoms with Gasteiger partial charge in [0, 0.05) is 16.8 Å². The fourth-order valence-corrected chi connectivity index (χ4v) is 3.52. The summed E-state index contributed by atoms with van der Waals surface area (Å²) in [6.45, 7) is 4.32. The Kier molecular flexibility index (Phi) is 3.81. The number of aromatic nitrogens is 1. The molecule has 1 nitrogen and oxygen atoms in total. The van der Waals surface area contributed by atoms with Crippen molar-refractivity contribution in [1.29, 1.82) is 0 Å². The van der Waals surface area contributed by atoms with Crippen LogP contribution in [0.5, 0.6) is 0 Å². The molecule has 0 saturated heterocycles. The van der Waals surface area contributed by atoms with Crippen molar-refractivity contribution in [2.75, 3.05) is 0 Å². The van der Waals surface area contributed by atoms with Crippen molar-refractivity contribution in [2.24, 2.45) is 0 Å². The first-order valence-corrected chi connectivity index (χ1v) is 8.49. The second-order valence-corrected chi connectivity index (χ2v) is 6.35. The van der Waals surface area contributed by atoms with Crippen LogP contribution < -0.4 is 0 Å². The first kappa shape index (κ1) is 14.9. The van der Waals surface area contributed by atoms with Crippen molar-refractivity contribution in [2.45, 2.75) is 25.7 Å². The number of halogens is 1. The molecule has 0 aliphatic heterocycles. The maximum atomic E-state index is 13.3. The molecular weight excluding hydrogens is 297 g/mol. The van der Waals surface area contributed by atoms with Crippen LogP contribution in [0.4, 0.5) is 4.39 Å². The normalized spacial score (nSPS) is 14.6. The molecule has 3 aromatic rings. The molecular formula is C22H20FN. The van der Waals surface area contributed by atoms with Gasteiger partial charge in [-0.3, -0.25) is 0 Å². The predicted octanol–water partition coefficient (Wildman–Crippen LogP) is 6.26. The van der Waals surface area contributed by atoms with Gasteiger partial charge < -0.3 is 4.57 Å². The lowest BCUT2D eigenvalue weighted by Gasteiger charge is -2.18. The van der Waals surface area contributed by atoms with Gasteiger partial charge in [0.2, 0.25) is 0 Å². The van der Waals surface area contributed by atoms with Gasteiger partial charge in [-0.25, -0.2) is 4.39 Å². The molecule has 0 amide bonds. The SMILES string of the molecule is C=C(c1ccc(F)cc1)n1c(C2=CCCCC2)cc2ccccc21. The Labute approximate surface area is 141 Å². The summed E-state index contributed by atoms with van der Waals surface area (Å²) in [5, 5.41) is 1.21. The van der Waals surface area contributed by atoms with E-state index >= 15 is 0 Å². The van der Waals surface area contributed by atoms with Crippen LogP contribution in [0.25, 0.3) is 22.2 Å². The Bertz CT molecular complexity index is 928. The number of allylic oxidation sites excluding steroid dienone is 2. The number of hydrogen-bond donors (Lipinski definition) is 0. The molecule has 1 aliphatic carbocycles. The first-order valence-electron chi connectivity index (χ1n) is 8.49. The molecule has 24 heavy (non-hydrogen) atoms. The molecule has 1 heterocycles.